The van der Waals surface area contributed by atoms with Gasteiger partial charge in [-0.2, -0.15) is 0 Å². The lowest BCUT2D eigenvalue weighted by Crippen LogP contribution is -2.67. The number of rotatable bonds is 7. The minimum atomic E-state index is -2.57. The third-order valence-electron chi connectivity index (χ3n) is 8.06. The van der Waals surface area contributed by atoms with Gasteiger partial charge in [-0.1, -0.05) is 102 Å². The fraction of sp³-hybridized carbons (Fsp3) is 0.533. The molecule has 0 N–H and O–H groups in total. The average molecular weight is 479 g/mol. The Bertz CT molecular complexity index is 903. The first-order chi connectivity index (χ1) is 16.2. The van der Waals surface area contributed by atoms with Gasteiger partial charge in [0, 0.05) is 24.9 Å². The van der Waals surface area contributed by atoms with Crippen LogP contribution in [0.15, 0.2) is 73.0 Å². The number of hydrogen-bond acceptors (Lipinski definition) is 3. The predicted molar refractivity (Wildman–Crippen MR) is 143 cm³/mol. The Morgan fingerprint density at radius 3 is 2.06 bits per heavy atom. The molecular weight excluding hydrogens is 436 g/mol. The molecule has 3 nitrogen and oxygen atoms in total. The van der Waals surface area contributed by atoms with Gasteiger partial charge in [-0.15, -0.1) is 0 Å². The Morgan fingerprint density at radius 1 is 1.00 bits per heavy atom. The van der Waals surface area contributed by atoms with Crippen LogP contribution in [0.4, 0.5) is 0 Å². The van der Waals surface area contributed by atoms with Crippen LogP contribution in [0.3, 0.4) is 0 Å². The van der Waals surface area contributed by atoms with Gasteiger partial charge in [0.2, 0.25) is 5.79 Å². The lowest BCUT2D eigenvalue weighted by Gasteiger charge is -2.49. The third-order valence-corrected chi connectivity index (χ3v) is 13.1. The molecule has 1 saturated heterocycles. The molecule has 4 heteroatoms. The van der Waals surface area contributed by atoms with Crippen LogP contribution < -0.4 is 10.4 Å². The standard InChI is InChI=1S/C30H42O3Si/c1-7-25(28-23(2)21-24(3)30(33-28)19-14-20-31-30)22-32-34(29(4,5)6,26-15-10-8-11-16-26)27-17-12-9-13-18-27/h8-18,20,23-25,28H,7,19,21-22H2,1-6H3/t23-,24+,25-,28-,30-/m0/s1. The molecule has 0 radical (unpaired) electrons. The van der Waals surface area contributed by atoms with Crippen molar-refractivity contribution in [1.29, 1.82) is 0 Å². The zero-order valence-electron chi connectivity index (χ0n) is 21.8. The normalized spacial score (nSPS) is 28.1. The Morgan fingerprint density at radius 2 is 1.59 bits per heavy atom. The van der Waals surface area contributed by atoms with Crippen LogP contribution in [-0.4, -0.2) is 26.8 Å². The van der Waals surface area contributed by atoms with Gasteiger partial charge in [-0.05, 0) is 40.2 Å². The summed E-state index contributed by atoms with van der Waals surface area (Å²) in [6.07, 6.45) is 7.02. The highest BCUT2D eigenvalue weighted by atomic mass is 28.4. The molecule has 0 aromatic heterocycles. The highest BCUT2D eigenvalue weighted by Crippen LogP contribution is 2.46. The fourth-order valence-electron chi connectivity index (χ4n) is 6.15. The first kappa shape index (κ1) is 25.2. The molecule has 4 rings (SSSR count). The predicted octanol–water partition coefficient (Wildman–Crippen LogP) is 6.28. The summed E-state index contributed by atoms with van der Waals surface area (Å²) < 4.78 is 20.2. The molecule has 0 amide bonds. The summed E-state index contributed by atoms with van der Waals surface area (Å²) in [5.74, 6) is 0.661. The second-order valence-electron chi connectivity index (χ2n) is 11.3. The molecule has 34 heavy (non-hydrogen) atoms. The topological polar surface area (TPSA) is 27.7 Å². The molecule has 2 heterocycles. The van der Waals surface area contributed by atoms with E-state index in [0.717, 1.165) is 19.3 Å². The average Bonchev–Trinajstić information content (AvgIpc) is 3.30. The summed E-state index contributed by atoms with van der Waals surface area (Å²) in [5.41, 5.74) is 0. The van der Waals surface area contributed by atoms with E-state index in [-0.39, 0.29) is 11.1 Å². The molecule has 0 aliphatic carbocycles. The molecule has 5 atom stereocenters. The second-order valence-corrected chi connectivity index (χ2v) is 15.7. The van der Waals surface area contributed by atoms with Gasteiger partial charge in [0.25, 0.3) is 8.32 Å². The maximum Gasteiger partial charge on any atom is 0.261 e. The van der Waals surface area contributed by atoms with Gasteiger partial charge in [-0.25, -0.2) is 0 Å². The quantitative estimate of drug-likeness (QED) is 0.438. The van der Waals surface area contributed by atoms with E-state index in [1.54, 1.807) is 0 Å². The van der Waals surface area contributed by atoms with Crippen molar-refractivity contribution < 1.29 is 13.9 Å². The van der Waals surface area contributed by atoms with E-state index >= 15 is 0 Å². The van der Waals surface area contributed by atoms with Gasteiger partial charge < -0.3 is 13.9 Å². The van der Waals surface area contributed by atoms with Crippen molar-refractivity contribution in [3.63, 3.8) is 0 Å². The van der Waals surface area contributed by atoms with Crippen molar-refractivity contribution in [3.05, 3.63) is 73.0 Å². The molecule has 184 valence electrons. The van der Waals surface area contributed by atoms with Gasteiger partial charge in [-0.3, -0.25) is 0 Å². The molecule has 1 spiro atoms. The Labute approximate surface area is 207 Å². The molecule has 0 saturated carbocycles. The first-order valence-electron chi connectivity index (χ1n) is 13.0. The molecule has 2 aliphatic heterocycles. The zero-order valence-corrected chi connectivity index (χ0v) is 22.8. The highest BCUT2D eigenvalue weighted by Gasteiger charge is 2.52. The first-order valence-corrected chi connectivity index (χ1v) is 14.9. The zero-order chi connectivity index (χ0) is 24.4. The van der Waals surface area contributed by atoms with Gasteiger partial charge in [0.15, 0.2) is 0 Å². The minimum absolute atomic E-state index is 0.0265. The fourth-order valence-corrected chi connectivity index (χ4v) is 10.8. The van der Waals surface area contributed by atoms with Crippen LogP contribution in [-0.2, 0) is 13.9 Å². The summed E-state index contributed by atoms with van der Waals surface area (Å²) in [6.45, 7) is 14.6. The molecule has 0 unspecified atom stereocenters. The van der Waals surface area contributed by atoms with Crippen LogP contribution in [0.5, 0.6) is 0 Å². The molecule has 1 fully saturated rings. The van der Waals surface area contributed by atoms with Crippen LogP contribution >= 0.6 is 0 Å². The number of benzene rings is 2. The highest BCUT2D eigenvalue weighted by molar-refractivity contribution is 6.99. The van der Waals surface area contributed by atoms with Gasteiger partial charge in [0.1, 0.15) is 0 Å². The molecule has 2 aromatic carbocycles. The van der Waals surface area contributed by atoms with Gasteiger partial charge >= 0.3 is 0 Å². The minimum Gasteiger partial charge on any atom is -0.470 e. The van der Waals surface area contributed by atoms with Crippen molar-refractivity contribution in [2.24, 2.45) is 17.8 Å². The summed E-state index contributed by atoms with van der Waals surface area (Å²) in [7, 11) is -2.57. The third kappa shape index (κ3) is 4.53. The molecule has 2 aliphatic rings. The van der Waals surface area contributed by atoms with Crippen LogP contribution in [0.25, 0.3) is 0 Å². The summed E-state index contributed by atoms with van der Waals surface area (Å²) in [4.78, 5) is 0. The van der Waals surface area contributed by atoms with E-state index in [1.807, 2.05) is 6.26 Å². The molecular formula is C30H42O3Si. The summed E-state index contributed by atoms with van der Waals surface area (Å²) >= 11 is 0. The summed E-state index contributed by atoms with van der Waals surface area (Å²) in [6, 6.07) is 21.8. The Kier molecular flexibility index (Phi) is 7.42. The van der Waals surface area contributed by atoms with Crippen molar-refractivity contribution in [3.8, 4) is 0 Å². The lowest BCUT2D eigenvalue weighted by atomic mass is 9.78. The lowest BCUT2D eigenvalue weighted by molar-refractivity contribution is -0.295. The smallest absolute Gasteiger partial charge is 0.261 e. The van der Waals surface area contributed by atoms with Crippen molar-refractivity contribution in [2.45, 2.75) is 77.7 Å². The number of ether oxygens (including phenoxy) is 2. The van der Waals surface area contributed by atoms with Crippen LogP contribution in [0.2, 0.25) is 5.04 Å². The maximum absolute atomic E-state index is 7.30. The maximum atomic E-state index is 7.30. The van der Waals surface area contributed by atoms with E-state index in [4.69, 9.17) is 13.9 Å². The van der Waals surface area contributed by atoms with E-state index in [1.165, 1.54) is 10.4 Å². The summed E-state index contributed by atoms with van der Waals surface area (Å²) in [5, 5.41) is 2.63. The van der Waals surface area contributed by atoms with Gasteiger partial charge in [0.05, 0.1) is 12.4 Å². The van der Waals surface area contributed by atoms with Crippen LogP contribution in [0.1, 0.15) is 60.8 Å². The Hall–Kier alpha value is -1.88. The van der Waals surface area contributed by atoms with E-state index in [2.05, 4.69) is 108 Å². The monoisotopic (exact) mass is 478 g/mol. The van der Waals surface area contributed by atoms with Crippen molar-refractivity contribution >= 4 is 18.7 Å². The van der Waals surface area contributed by atoms with E-state index < -0.39 is 14.1 Å². The van der Waals surface area contributed by atoms with Crippen molar-refractivity contribution in [1.82, 2.24) is 0 Å². The van der Waals surface area contributed by atoms with Crippen LogP contribution in [0, 0.1) is 17.8 Å². The molecule has 0 bridgehead atoms. The largest absolute Gasteiger partial charge is 0.470 e. The second kappa shape index (κ2) is 10.0. The Balaban J connectivity index is 1.67. The van der Waals surface area contributed by atoms with E-state index in [0.29, 0.717) is 24.4 Å². The number of hydrogen-bond donors (Lipinski definition) is 0. The van der Waals surface area contributed by atoms with Crippen molar-refractivity contribution in [2.75, 3.05) is 6.61 Å². The molecule has 2 aromatic rings. The SMILES string of the molecule is CC[C@@H](CO[Si](c1ccccc1)(c1ccccc1)C(C)(C)C)[C@H]1O[C@@]2(CC=CO2)[C@H](C)C[C@@H]1C. The van der Waals surface area contributed by atoms with E-state index in [9.17, 15) is 0 Å².